The third-order valence-electron chi connectivity index (χ3n) is 7.66. The molecule has 2 aromatic rings. The number of likely N-dealkylation sites (tertiary alicyclic amines) is 1. The fraction of sp³-hybridized carbons (Fsp3) is 0.467. The van der Waals surface area contributed by atoms with Crippen molar-refractivity contribution in [3.63, 3.8) is 0 Å². The molecule has 0 aliphatic carbocycles. The lowest BCUT2D eigenvalue weighted by molar-refractivity contribution is 0.164. The molecule has 6 nitrogen and oxygen atoms in total. The van der Waals surface area contributed by atoms with Crippen LogP contribution in [0.3, 0.4) is 0 Å². The summed E-state index contributed by atoms with van der Waals surface area (Å²) in [6, 6.07) is 7.82. The molecule has 1 N–H and O–H groups in total. The Labute approximate surface area is 229 Å². The maximum Gasteiger partial charge on any atom is 0.222 e. The van der Waals surface area contributed by atoms with Crippen LogP contribution in [-0.4, -0.2) is 61.9 Å². The van der Waals surface area contributed by atoms with Gasteiger partial charge in [-0.05, 0) is 96.4 Å². The van der Waals surface area contributed by atoms with Crippen molar-refractivity contribution in [3.8, 4) is 5.75 Å². The van der Waals surface area contributed by atoms with Crippen molar-refractivity contribution >= 4 is 23.0 Å². The van der Waals surface area contributed by atoms with Crippen molar-refractivity contribution in [2.75, 3.05) is 37.4 Å². The van der Waals surface area contributed by atoms with E-state index in [1.807, 2.05) is 27.7 Å². The van der Waals surface area contributed by atoms with Crippen molar-refractivity contribution in [2.24, 2.45) is 9.98 Å². The third-order valence-corrected chi connectivity index (χ3v) is 7.66. The average molecular weight is 542 g/mol. The lowest BCUT2D eigenvalue weighted by Gasteiger charge is -2.43. The number of hydrogen-bond acceptors (Lipinski definition) is 4. The fourth-order valence-electron chi connectivity index (χ4n) is 5.41. The number of hydrogen-bond donors (Lipinski definition) is 1. The highest BCUT2D eigenvalue weighted by atomic mass is 19.1. The Morgan fingerprint density at radius 2 is 1.79 bits per heavy atom. The molecule has 9 heteroatoms. The molecule has 4 rings (SSSR count). The first-order valence-electron chi connectivity index (χ1n) is 13.4. The number of nitrogens with one attached hydrogen (secondary N) is 1. The summed E-state index contributed by atoms with van der Waals surface area (Å²) in [5.74, 6) is -1.44. The van der Waals surface area contributed by atoms with Gasteiger partial charge in [0.15, 0.2) is 11.6 Å². The average Bonchev–Trinajstić information content (AvgIpc) is 2.88. The third kappa shape index (κ3) is 6.13. The number of nitrogens with zero attached hydrogens (tertiary/aromatic N) is 4. The number of piperidine rings is 1. The first-order chi connectivity index (χ1) is 18.5. The quantitative estimate of drug-likeness (QED) is 0.346. The first kappa shape index (κ1) is 28.7. The van der Waals surface area contributed by atoms with Gasteiger partial charge in [-0.15, -0.1) is 0 Å². The van der Waals surface area contributed by atoms with Gasteiger partial charge in [-0.3, -0.25) is 4.99 Å². The summed E-state index contributed by atoms with van der Waals surface area (Å²) in [5.41, 5.74) is 1.66. The molecule has 0 amide bonds. The second kappa shape index (κ2) is 11.8. The molecule has 0 radical (unpaired) electrons. The second-order valence-corrected chi connectivity index (χ2v) is 10.7. The molecule has 2 unspecified atom stereocenters. The van der Waals surface area contributed by atoms with Crippen LogP contribution in [0.15, 0.2) is 52.7 Å². The Hall–Kier alpha value is -3.33. The zero-order valence-electron chi connectivity index (χ0n) is 23.6. The maximum atomic E-state index is 15.3. The zero-order chi connectivity index (χ0) is 28.4. The summed E-state index contributed by atoms with van der Waals surface area (Å²) < 4.78 is 50.9. The van der Waals surface area contributed by atoms with Crippen molar-refractivity contribution in [1.82, 2.24) is 4.90 Å². The highest BCUT2D eigenvalue weighted by Crippen LogP contribution is 2.41. The minimum atomic E-state index is -0.852. The van der Waals surface area contributed by atoms with Crippen LogP contribution in [0.2, 0.25) is 0 Å². The molecule has 2 aliphatic rings. The summed E-state index contributed by atoms with van der Waals surface area (Å²) in [5, 5.41) is 2.96. The van der Waals surface area contributed by atoms with E-state index in [-0.39, 0.29) is 52.9 Å². The van der Waals surface area contributed by atoms with Gasteiger partial charge in [0.05, 0.1) is 11.7 Å². The van der Waals surface area contributed by atoms with E-state index < -0.39 is 11.6 Å². The highest BCUT2D eigenvalue weighted by Gasteiger charge is 2.34. The normalized spacial score (nSPS) is 21.1. The summed E-state index contributed by atoms with van der Waals surface area (Å²) in [6.07, 6.45) is 1.59. The van der Waals surface area contributed by atoms with Crippen LogP contribution in [0, 0.1) is 11.6 Å². The zero-order valence-corrected chi connectivity index (χ0v) is 23.6. The van der Waals surface area contributed by atoms with Crippen molar-refractivity contribution in [2.45, 2.75) is 64.6 Å². The van der Waals surface area contributed by atoms with Gasteiger partial charge >= 0.3 is 0 Å². The van der Waals surface area contributed by atoms with E-state index in [0.29, 0.717) is 16.9 Å². The van der Waals surface area contributed by atoms with E-state index >= 15 is 8.78 Å². The SMILES string of the molecule is C=C(F)C(=NC(=NC)Nc1ccc(C2CCN(C)CC2)c(F)c1)c1cc(F)c2c(c1)N(C(C)C)C(C)C(C)O2. The van der Waals surface area contributed by atoms with E-state index in [2.05, 4.69) is 38.7 Å². The van der Waals surface area contributed by atoms with Gasteiger partial charge in [-0.2, -0.15) is 0 Å². The molecule has 0 bridgehead atoms. The minimum Gasteiger partial charge on any atom is -0.483 e. The first-order valence-corrected chi connectivity index (χ1v) is 13.4. The summed E-state index contributed by atoms with van der Waals surface area (Å²) in [6.45, 7) is 13.2. The topological polar surface area (TPSA) is 52.5 Å². The number of aliphatic imine (C=N–C) groups is 2. The minimum absolute atomic E-state index is 0.0251. The Bertz CT molecular complexity index is 1280. The van der Waals surface area contributed by atoms with Crippen LogP contribution in [0.4, 0.5) is 24.5 Å². The van der Waals surface area contributed by atoms with E-state index in [9.17, 15) is 4.39 Å². The van der Waals surface area contributed by atoms with Gasteiger partial charge in [-0.25, -0.2) is 18.2 Å². The van der Waals surface area contributed by atoms with Gasteiger partial charge < -0.3 is 19.9 Å². The largest absolute Gasteiger partial charge is 0.483 e. The molecule has 39 heavy (non-hydrogen) atoms. The molecule has 1 saturated heterocycles. The molecule has 2 atom stereocenters. The van der Waals surface area contributed by atoms with Crippen LogP contribution in [0.1, 0.15) is 57.6 Å². The van der Waals surface area contributed by atoms with E-state index in [1.165, 1.54) is 19.2 Å². The van der Waals surface area contributed by atoms with Gasteiger partial charge in [0.25, 0.3) is 0 Å². The molecule has 2 aliphatic heterocycles. The van der Waals surface area contributed by atoms with E-state index in [1.54, 1.807) is 18.2 Å². The number of allylic oxidation sites excluding steroid dienone is 1. The van der Waals surface area contributed by atoms with Crippen LogP contribution in [-0.2, 0) is 0 Å². The van der Waals surface area contributed by atoms with Crippen LogP contribution < -0.4 is 15.0 Å². The monoisotopic (exact) mass is 541 g/mol. The standard InChI is InChI=1S/C30H38F3N5O/c1-17(2)38-19(4)20(5)39-29-26(33)14-22(15-27(29)38)28(18(3)31)36-30(34-6)35-23-8-9-24(25(32)16-23)21-10-12-37(7)13-11-21/h8-9,14-17,19-21H,3,10-13H2,1-2,4-7H3,(H,34,35). The summed E-state index contributed by atoms with van der Waals surface area (Å²) in [4.78, 5) is 12.7. The van der Waals surface area contributed by atoms with Crippen molar-refractivity contribution < 1.29 is 17.9 Å². The smallest absolute Gasteiger partial charge is 0.222 e. The van der Waals surface area contributed by atoms with Crippen molar-refractivity contribution in [3.05, 3.63) is 65.5 Å². The van der Waals surface area contributed by atoms with Gasteiger partial charge in [0, 0.05) is 24.3 Å². The molecule has 0 saturated carbocycles. The van der Waals surface area contributed by atoms with Crippen LogP contribution in [0.5, 0.6) is 5.75 Å². The molecule has 1 fully saturated rings. The molecular weight excluding hydrogens is 503 g/mol. The number of rotatable bonds is 5. The molecule has 2 heterocycles. The molecule has 2 aromatic carbocycles. The lowest BCUT2D eigenvalue weighted by Crippen LogP contribution is -2.50. The summed E-state index contributed by atoms with van der Waals surface area (Å²) >= 11 is 0. The van der Waals surface area contributed by atoms with Crippen LogP contribution in [0.25, 0.3) is 0 Å². The predicted molar refractivity (Wildman–Crippen MR) is 153 cm³/mol. The lowest BCUT2D eigenvalue weighted by atomic mass is 9.89. The Balaban J connectivity index is 1.63. The number of ether oxygens (including phenoxy) is 1. The molecule has 0 spiro atoms. The maximum absolute atomic E-state index is 15.3. The Morgan fingerprint density at radius 3 is 2.38 bits per heavy atom. The van der Waals surface area contributed by atoms with Gasteiger partial charge in [0.2, 0.25) is 5.96 Å². The van der Waals surface area contributed by atoms with Crippen molar-refractivity contribution in [1.29, 1.82) is 0 Å². The fourth-order valence-corrected chi connectivity index (χ4v) is 5.41. The number of anilines is 2. The van der Waals surface area contributed by atoms with Gasteiger partial charge in [-0.1, -0.05) is 12.6 Å². The number of benzene rings is 2. The molecule has 0 aromatic heterocycles. The van der Waals surface area contributed by atoms with E-state index in [4.69, 9.17) is 4.74 Å². The molecular formula is C30H38F3N5O. The predicted octanol–water partition coefficient (Wildman–Crippen LogP) is 6.53. The Kier molecular flexibility index (Phi) is 8.69. The van der Waals surface area contributed by atoms with E-state index in [0.717, 1.165) is 25.9 Å². The second-order valence-electron chi connectivity index (χ2n) is 10.7. The van der Waals surface area contributed by atoms with Crippen LogP contribution >= 0.6 is 0 Å². The number of guanidine groups is 1. The number of halogens is 3. The molecule has 210 valence electrons. The summed E-state index contributed by atoms with van der Waals surface area (Å²) in [7, 11) is 3.55. The number of fused-ring (bicyclic) bond motifs is 1. The Morgan fingerprint density at radius 1 is 1.10 bits per heavy atom. The highest BCUT2D eigenvalue weighted by molar-refractivity contribution is 6.17. The van der Waals surface area contributed by atoms with Gasteiger partial charge in [0.1, 0.15) is 23.5 Å².